The molecule has 0 spiro atoms. The third-order valence-corrected chi connectivity index (χ3v) is 4.01. The van der Waals surface area contributed by atoms with Crippen LogP contribution in [0.25, 0.3) is 0 Å². The van der Waals surface area contributed by atoms with Gasteiger partial charge in [0.05, 0.1) is 0 Å². The second kappa shape index (κ2) is 8.83. The number of hydrogen-bond donors (Lipinski definition) is 2. The van der Waals surface area contributed by atoms with E-state index in [1.165, 1.54) is 0 Å². The lowest BCUT2D eigenvalue weighted by molar-refractivity contribution is -0.139. The predicted molar refractivity (Wildman–Crippen MR) is 101 cm³/mol. The summed E-state index contributed by atoms with van der Waals surface area (Å²) in [6.45, 7) is 0.454. The summed E-state index contributed by atoms with van der Waals surface area (Å²) in [5.41, 5.74) is 1.96. The highest BCUT2D eigenvalue weighted by atomic mass is 16.5. The fourth-order valence-electron chi connectivity index (χ4n) is 2.68. The molecular weight excluding hydrogens is 326 g/mol. The molecule has 0 fully saturated rings. The van der Waals surface area contributed by atoms with Gasteiger partial charge in [-0.1, -0.05) is 60.7 Å². The van der Waals surface area contributed by atoms with Gasteiger partial charge in [-0.25, -0.2) is 0 Å². The van der Waals surface area contributed by atoms with Crippen molar-refractivity contribution in [3.63, 3.8) is 0 Å². The second-order valence-electron chi connectivity index (χ2n) is 6.02. The third kappa shape index (κ3) is 5.19. The third-order valence-electron chi connectivity index (χ3n) is 4.01. The van der Waals surface area contributed by atoms with Crippen molar-refractivity contribution in [2.75, 3.05) is 0 Å². The highest BCUT2D eigenvalue weighted by Gasteiger charge is 2.17. The van der Waals surface area contributed by atoms with Crippen LogP contribution in [0.4, 0.5) is 0 Å². The summed E-state index contributed by atoms with van der Waals surface area (Å²) < 4.78 is 5.82. The van der Waals surface area contributed by atoms with E-state index in [1.807, 2.05) is 84.9 Å². The average Bonchev–Trinajstić information content (AvgIpc) is 2.67. The molecule has 0 aliphatic carbocycles. The topological polar surface area (TPSA) is 58.6 Å². The van der Waals surface area contributed by atoms with Crippen molar-refractivity contribution in [3.05, 3.63) is 96.1 Å². The molecule has 3 aromatic rings. The lowest BCUT2D eigenvalue weighted by Gasteiger charge is -2.15. The van der Waals surface area contributed by atoms with E-state index < -0.39 is 12.0 Å². The van der Waals surface area contributed by atoms with Crippen LogP contribution < -0.4 is 10.1 Å². The molecule has 0 bridgehead atoms. The number of rotatable bonds is 8. The van der Waals surface area contributed by atoms with Gasteiger partial charge in [0.2, 0.25) is 0 Å². The molecule has 2 N–H and O–H groups in total. The maximum atomic E-state index is 11.5. The van der Waals surface area contributed by atoms with Crippen LogP contribution in [0, 0.1) is 0 Å². The van der Waals surface area contributed by atoms with E-state index in [0.717, 1.165) is 22.6 Å². The minimum absolute atomic E-state index is 0.441. The molecule has 3 rings (SSSR count). The van der Waals surface area contributed by atoms with Gasteiger partial charge in [-0.3, -0.25) is 4.79 Å². The van der Waals surface area contributed by atoms with Gasteiger partial charge < -0.3 is 15.2 Å². The maximum absolute atomic E-state index is 11.5. The Bertz CT molecular complexity index is 834. The first kappa shape index (κ1) is 17.7. The smallest absolute Gasteiger partial charge is 0.321 e. The average molecular weight is 347 g/mol. The molecule has 0 heterocycles. The van der Waals surface area contributed by atoms with Crippen LogP contribution in [-0.2, 0) is 17.8 Å². The molecule has 1 atom stereocenters. The van der Waals surface area contributed by atoms with Gasteiger partial charge in [-0.05, 0) is 41.8 Å². The number of carboxylic acid groups (broad SMARTS) is 1. The molecule has 132 valence electrons. The number of para-hydroxylation sites is 1. The Kier molecular flexibility index (Phi) is 6.01. The summed E-state index contributed by atoms with van der Waals surface area (Å²) in [6.07, 6.45) is 0.441. The fourth-order valence-corrected chi connectivity index (χ4v) is 2.68. The van der Waals surface area contributed by atoms with Crippen molar-refractivity contribution < 1.29 is 14.6 Å². The number of nitrogens with one attached hydrogen (secondary N) is 1. The van der Waals surface area contributed by atoms with Crippen LogP contribution in [-0.4, -0.2) is 17.1 Å². The Morgan fingerprint density at radius 3 is 2.15 bits per heavy atom. The van der Waals surface area contributed by atoms with Crippen molar-refractivity contribution in [2.45, 2.75) is 19.0 Å². The van der Waals surface area contributed by atoms with Crippen LogP contribution in [0.1, 0.15) is 11.1 Å². The zero-order chi connectivity index (χ0) is 18.2. The zero-order valence-corrected chi connectivity index (χ0v) is 14.3. The van der Waals surface area contributed by atoms with Crippen molar-refractivity contribution in [3.8, 4) is 11.5 Å². The van der Waals surface area contributed by atoms with Gasteiger partial charge in [-0.2, -0.15) is 0 Å². The molecule has 0 aromatic heterocycles. The molecule has 0 amide bonds. The van der Waals surface area contributed by atoms with E-state index in [9.17, 15) is 9.90 Å². The van der Waals surface area contributed by atoms with Crippen molar-refractivity contribution in [2.24, 2.45) is 0 Å². The molecule has 4 nitrogen and oxygen atoms in total. The number of aliphatic carboxylic acids is 1. The summed E-state index contributed by atoms with van der Waals surface area (Å²) in [6, 6.07) is 26.2. The maximum Gasteiger partial charge on any atom is 0.321 e. The Hall–Kier alpha value is -3.11. The highest BCUT2D eigenvalue weighted by molar-refractivity contribution is 5.73. The Balaban J connectivity index is 1.62. The molecule has 0 unspecified atom stereocenters. The molecule has 4 heteroatoms. The first-order chi connectivity index (χ1) is 12.7. The minimum Gasteiger partial charge on any atom is -0.480 e. The Labute approximate surface area is 153 Å². The van der Waals surface area contributed by atoms with Gasteiger partial charge >= 0.3 is 5.97 Å². The quantitative estimate of drug-likeness (QED) is 0.639. The van der Waals surface area contributed by atoms with Gasteiger partial charge in [0, 0.05) is 6.54 Å². The van der Waals surface area contributed by atoms with E-state index in [1.54, 1.807) is 0 Å². The fraction of sp³-hybridized carbons (Fsp3) is 0.136. The van der Waals surface area contributed by atoms with Crippen LogP contribution in [0.3, 0.4) is 0 Å². The standard InChI is InChI=1S/C22H21NO3/c24-22(25)21(15-17-8-3-1-4-9-17)23-16-18-10-7-13-20(14-18)26-19-11-5-2-6-12-19/h1-14,21,23H,15-16H2,(H,24,25)/t21-/m0/s1. The predicted octanol–water partition coefficient (Wildman–Crippen LogP) is 4.26. The van der Waals surface area contributed by atoms with E-state index in [-0.39, 0.29) is 0 Å². The first-order valence-corrected chi connectivity index (χ1v) is 8.52. The number of carbonyl (C=O) groups is 1. The van der Waals surface area contributed by atoms with E-state index in [2.05, 4.69) is 5.32 Å². The van der Waals surface area contributed by atoms with E-state index in [0.29, 0.717) is 13.0 Å². The lowest BCUT2D eigenvalue weighted by Crippen LogP contribution is -2.38. The Morgan fingerprint density at radius 1 is 0.846 bits per heavy atom. The molecule has 0 saturated carbocycles. The number of benzene rings is 3. The van der Waals surface area contributed by atoms with Crippen LogP contribution in [0.2, 0.25) is 0 Å². The van der Waals surface area contributed by atoms with Crippen molar-refractivity contribution >= 4 is 5.97 Å². The molecule has 26 heavy (non-hydrogen) atoms. The van der Waals surface area contributed by atoms with Crippen molar-refractivity contribution in [1.29, 1.82) is 0 Å². The second-order valence-corrected chi connectivity index (χ2v) is 6.02. The summed E-state index contributed by atoms with van der Waals surface area (Å²) >= 11 is 0. The van der Waals surface area contributed by atoms with Gasteiger partial charge in [-0.15, -0.1) is 0 Å². The van der Waals surface area contributed by atoms with Gasteiger partial charge in [0.25, 0.3) is 0 Å². The largest absolute Gasteiger partial charge is 0.480 e. The van der Waals surface area contributed by atoms with Crippen LogP contribution in [0.15, 0.2) is 84.9 Å². The number of hydrogen-bond acceptors (Lipinski definition) is 3. The van der Waals surface area contributed by atoms with Crippen molar-refractivity contribution in [1.82, 2.24) is 5.32 Å². The van der Waals surface area contributed by atoms with E-state index >= 15 is 0 Å². The highest BCUT2D eigenvalue weighted by Crippen LogP contribution is 2.21. The zero-order valence-electron chi connectivity index (χ0n) is 14.3. The lowest BCUT2D eigenvalue weighted by atomic mass is 10.1. The van der Waals surface area contributed by atoms with Gasteiger partial charge in [0.15, 0.2) is 0 Å². The number of ether oxygens (including phenoxy) is 1. The molecule has 0 radical (unpaired) electrons. The minimum atomic E-state index is -0.856. The van der Waals surface area contributed by atoms with Crippen LogP contribution in [0.5, 0.6) is 11.5 Å². The van der Waals surface area contributed by atoms with Gasteiger partial charge in [0.1, 0.15) is 17.5 Å². The van der Waals surface area contributed by atoms with Crippen LogP contribution >= 0.6 is 0 Å². The monoisotopic (exact) mass is 347 g/mol. The molecule has 0 aliphatic rings. The van der Waals surface area contributed by atoms with E-state index in [4.69, 9.17) is 4.74 Å². The molecule has 0 aliphatic heterocycles. The summed E-state index contributed by atoms with van der Waals surface area (Å²) in [5, 5.41) is 12.6. The first-order valence-electron chi connectivity index (χ1n) is 8.52. The SMILES string of the molecule is O=C(O)[C@H](Cc1ccccc1)NCc1cccc(Oc2ccccc2)c1. The molecule has 3 aromatic carbocycles. The Morgan fingerprint density at radius 2 is 1.46 bits per heavy atom. The molecule has 0 saturated heterocycles. The summed E-state index contributed by atoms with van der Waals surface area (Å²) in [7, 11) is 0. The normalized spacial score (nSPS) is 11.7. The summed E-state index contributed by atoms with van der Waals surface area (Å²) in [5.74, 6) is 0.640. The molecular formula is C22H21NO3. The summed E-state index contributed by atoms with van der Waals surface area (Å²) in [4.78, 5) is 11.5. The number of carboxylic acids is 1.